The molecule has 3 amide bonds. The van der Waals surface area contributed by atoms with Crippen molar-refractivity contribution >= 4 is 17.7 Å². The van der Waals surface area contributed by atoms with Crippen LogP contribution in [0.15, 0.2) is 48.5 Å². The van der Waals surface area contributed by atoms with Crippen molar-refractivity contribution in [3.63, 3.8) is 0 Å². The predicted octanol–water partition coefficient (Wildman–Crippen LogP) is 5.72. The molecule has 1 aliphatic heterocycles. The van der Waals surface area contributed by atoms with Crippen LogP contribution in [0.4, 0.5) is 0 Å². The molecule has 42 heavy (non-hydrogen) atoms. The van der Waals surface area contributed by atoms with Crippen LogP contribution >= 0.6 is 0 Å². The summed E-state index contributed by atoms with van der Waals surface area (Å²) in [7, 11) is 0. The first-order valence-corrected chi connectivity index (χ1v) is 16.2. The van der Waals surface area contributed by atoms with Gasteiger partial charge in [-0.1, -0.05) is 76.3 Å². The van der Waals surface area contributed by atoms with Crippen LogP contribution in [0, 0.1) is 12.8 Å². The molecule has 0 aromatic heterocycles. The minimum atomic E-state index is -0.331. The third-order valence-corrected chi connectivity index (χ3v) is 8.66. The minimum Gasteiger partial charge on any atom is -0.349 e. The molecule has 1 heterocycles. The largest absolute Gasteiger partial charge is 0.349 e. The third-order valence-electron chi connectivity index (χ3n) is 8.66. The van der Waals surface area contributed by atoms with E-state index < -0.39 is 0 Å². The van der Waals surface area contributed by atoms with Gasteiger partial charge < -0.3 is 20.4 Å². The second-order valence-corrected chi connectivity index (χ2v) is 12.3. The zero-order valence-corrected chi connectivity index (χ0v) is 25.9. The van der Waals surface area contributed by atoms with E-state index >= 15 is 0 Å². The monoisotopic (exact) mass is 574 g/mol. The molecule has 2 atom stereocenters. The Bertz CT molecular complexity index is 1170. The van der Waals surface area contributed by atoms with Crippen LogP contribution in [0.25, 0.3) is 0 Å². The fraction of sp³-hybridized carbons (Fsp3) is 0.571. The summed E-state index contributed by atoms with van der Waals surface area (Å²) in [5.41, 5.74) is 3.09. The molecule has 2 aromatic carbocycles. The quantitative estimate of drug-likeness (QED) is 0.321. The standard InChI is InChI=1S/C35H50N4O3/c1-4-17-38(18-5-2)34(41)30-21-26(3)20-29(23-30)33(40)37-31(22-27-12-8-6-9-13-27)24-32-35(42)39(19-16-36-32)25-28-14-10-7-11-15-28/h7,10-11,14-15,20-21,23,27,31-32,36H,4-6,8-9,12-13,16-19,22,24-25H2,1-3H3,(H,37,40)/t31-,32-/m0/s1. The molecular formula is C35H50N4O3. The van der Waals surface area contributed by atoms with E-state index in [0.717, 1.165) is 36.9 Å². The van der Waals surface area contributed by atoms with E-state index in [2.05, 4.69) is 36.6 Å². The summed E-state index contributed by atoms with van der Waals surface area (Å²) in [6, 6.07) is 15.1. The summed E-state index contributed by atoms with van der Waals surface area (Å²) in [5, 5.41) is 6.75. The molecule has 0 bridgehead atoms. The van der Waals surface area contributed by atoms with Crippen molar-refractivity contribution in [2.24, 2.45) is 5.92 Å². The molecule has 0 unspecified atom stereocenters. The number of carbonyl (C=O) groups is 3. The lowest BCUT2D eigenvalue weighted by Gasteiger charge is -2.36. The molecule has 7 heteroatoms. The van der Waals surface area contributed by atoms with Crippen LogP contribution < -0.4 is 10.6 Å². The third kappa shape index (κ3) is 8.90. The number of hydrogen-bond donors (Lipinski definition) is 2. The van der Waals surface area contributed by atoms with Gasteiger partial charge in [-0.2, -0.15) is 0 Å². The normalized spacial score (nSPS) is 18.5. The number of nitrogens with one attached hydrogen (secondary N) is 2. The summed E-state index contributed by atoms with van der Waals surface area (Å²) in [5.74, 6) is 0.457. The van der Waals surface area contributed by atoms with E-state index in [-0.39, 0.29) is 29.8 Å². The van der Waals surface area contributed by atoms with Gasteiger partial charge in [-0.05, 0) is 67.9 Å². The Morgan fingerprint density at radius 3 is 2.36 bits per heavy atom. The van der Waals surface area contributed by atoms with Crippen molar-refractivity contribution in [2.45, 2.75) is 97.2 Å². The van der Waals surface area contributed by atoms with Gasteiger partial charge in [0.15, 0.2) is 0 Å². The van der Waals surface area contributed by atoms with Crippen molar-refractivity contribution in [1.29, 1.82) is 0 Å². The summed E-state index contributed by atoms with van der Waals surface area (Å²) in [4.78, 5) is 44.4. The highest BCUT2D eigenvalue weighted by molar-refractivity contribution is 6.00. The SMILES string of the molecule is CCCN(CCC)C(=O)c1cc(C)cc(C(=O)N[C@@H](CC2CCCCC2)C[C@@H]2NCCN(Cc3ccccc3)C2=O)c1. The van der Waals surface area contributed by atoms with Gasteiger partial charge in [0.05, 0.1) is 6.04 Å². The Balaban J connectivity index is 1.49. The number of benzene rings is 2. The second-order valence-electron chi connectivity index (χ2n) is 12.3. The van der Waals surface area contributed by atoms with E-state index in [1.807, 2.05) is 47.1 Å². The molecule has 2 fully saturated rings. The van der Waals surface area contributed by atoms with E-state index in [0.29, 0.717) is 49.6 Å². The number of hydrogen-bond acceptors (Lipinski definition) is 4. The Kier molecular flexibility index (Phi) is 12.0. The van der Waals surface area contributed by atoms with E-state index in [1.54, 1.807) is 6.07 Å². The van der Waals surface area contributed by atoms with E-state index in [1.165, 1.54) is 32.1 Å². The van der Waals surface area contributed by atoms with Gasteiger partial charge in [0.25, 0.3) is 11.8 Å². The summed E-state index contributed by atoms with van der Waals surface area (Å²) in [6.07, 6.45) is 9.29. The van der Waals surface area contributed by atoms with Gasteiger partial charge in [-0.3, -0.25) is 14.4 Å². The second kappa shape index (κ2) is 15.9. The van der Waals surface area contributed by atoms with Crippen LogP contribution in [0.1, 0.15) is 103 Å². The number of aryl methyl sites for hydroxylation is 1. The molecule has 1 saturated carbocycles. The van der Waals surface area contributed by atoms with Crippen LogP contribution in [0.3, 0.4) is 0 Å². The highest BCUT2D eigenvalue weighted by atomic mass is 16.2. The number of amides is 3. The Morgan fingerprint density at radius 1 is 0.976 bits per heavy atom. The van der Waals surface area contributed by atoms with Crippen LogP contribution in [-0.4, -0.2) is 65.8 Å². The first-order chi connectivity index (χ1) is 20.4. The van der Waals surface area contributed by atoms with Gasteiger partial charge in [-0.15, -0.1) is 0 Å². The van der Waals surface area contributed by atoms with Crippen molar-refractivity contribution < 1.29 is 14.4 Å². The number of nitrogens with zero attached hydrogens (tertiary/aromatic N) is 2. The average Bonchev–Trinajstić information content (AvgIpc) is 2.99. The maximum absolute atomic E-state index is 13.7. The van der Waals surface area contributed by atoms with E-state index in [4.69, 9.17) is 0 Å². The fourth-order valence-electron chi connectivity index (χ4n) is 6.60. The van der Waals surface area contributed by atoms with Gasteiger partial charge in [0, 0.05) is 49.9 Å². The van der Waals surface area contributed by atoms with Gasteiger partial charge in [0.2, 0.25) is 5.91 Å². The molecule has 0 radical (unpaired) electrons. The summed E-state index contributed by atoms with van der Waals surface area (Å²) >= 11 is 0. The summed E-state index contributed by atoms with van der Waals surface area (Å²) < 4.78 is 0. The Morgan fingerprint density at radius 2 is 1.67 bits per heavy atom. The molecule has 1 aliphatic carbocycles. The first kappa shape index (κ1) is 31.7. The smallest absolute Gasteiger partial charge is 0.253 e. The molecule has 2 aromatic rings. The molecule has 1 saturated heterocycles. The number of carbonyl (C=O) groups excluding carboxylic acids is 3. The molecule has 228 valence electrons. The van der Waals surface area contributed by atoms with Crippen molar-refractivity contribution in [2.75, 3.05) is 26.2 Å². The predicted molar refractivity (Wildman–Crippen MR) is 168 cm³/mol. The lowest BCUT2D eigenvalue weighted by molar-refractivity contribution is -0.136. The molecule has 4 rings (SSSR count). The van der Waals surface area contributed by atoms with Crippen LogP contribution in [0.5, 0.6) is 0 Å². The highest BCUT2D eigenvalue weighted by Gasteiger charge is 2.32. The van der Waals surface area contributed by atoms with E-state index in [9.17, 15) is 14.4 Å². The Labute approximate surface area is 252 Å². The van der Waals surface area contributed by atoms with Crippen molar-refractivity contribution in [3.05, 3.63) is 70.8 Å². The Hall–Kier alpha value is -3.19. The number of rotatable bonds is 13. The fourth-order valence-corrected chi connectivity index (χ4v) is 6.60. The van der Waals surface area contributed by atoms with Gasteiger partial charge in [-0.25, -0.2) is 0 Å². The zero-order chi connectivity index (χ0) is 29.9. The van der Waals surface area contributed by atoms with Crippen molar-refractivity contribution in [1.82, 2.24) is 20.4 Å². The molecule has 2 aliphatic rings. The molecule has 2 N–H and O–H groups in total. The topological polar surface area (TPSA) is 81.8 Å². The number of piperazine rings is 1. The van der Waals surface area contributed by atoms with Crippen molar-refractivity contribution in [3.8, 4) is 0 Å². The minimum absolute atomic E-state index is 0.0225. The average molecular weight is 575 g/mol. The zero-order valence-electron chi connectivity index (χ0n) is 25.9. The highest BCUT2D eigenvalue weighted by Crippen LogP contribution is 2.29. The lowest BCUT2D eigenvalue weighted by Crippen LogP contribution is -2.56. The molecule has 7 nitrogen and oxygen atoms in total. The van der Waals surface area contributed by atoms with Gasteiger partial charge >= 0.3 is 0 Å². The maximum Gasteiger partial charge on any atom is 0.253 e. The molecule has 0 spiro atoms. The first-order valence-electron chi connectivity index (χ1n) is 16.2. The van der Waals surface area contributed by atoms with Crippen LogP contribution in [0.2, 0.25) is 0 Å². The van der Waals surface area contributed by atoms with Gasteiger partial charge in [0.1, 0.15) is 0 Å². The van der Waals surface area contributed by atoms with Crippen LogP contribution in [-0.2, 0) is 11.3 Å². The lowest BCUT2D eigenvalue weighted by atomic mass is 9.83. The summed E-state index contributed by atoms with van der Waals surface area (Å²) in [6.45, 7) is 9.51. The molecular weight excluding hydrogens is 524 g/mol. The maximum atomic E-state index is 13.7.